The van der Waals surface area contributed by atoms with Gasteiger partial charge in [0.25, 0.3) is 0 Å². The van der Waals surface area contributed by atoms with Crippen molar-refractivity contribution in [2.24, 2.45) is 11.8 Å². The highest BCUT2D eigenvalue weighted by Gasteiger charge is 2.38. The molecule has 3 rings (SSSR count). The van der Waals surface area contributed by atoms with E-state index in [1.165, 1.54) is 5.56 Å². The first-order valence-corrected chi connectivity index (χ1v) is 10.3. The minimum absolute atomic E-state index is 0.000616. The van der Waals surface area contributed by atoms with Crippen LogP contribution in [-0.2, 0) is 19.1 Å². The molecule has 1 unspecified atom stereocenters. The number of ether oxygens (including phenoxy) is 1. The number of carbonyl (C=O) groups excluding carboxylic acids is 3. The number of hydrogen-bond donors (Lipinski definition) is 0. The molecule has 2 heterocycles. The Morgan fingerprint density at radius 3 is 2.54 bits per heavy atom. The predicted octanol–water partition coefficient (Wildman–Crippen LogP) is 2.96. The molecule has 0 radical (unpaired) electrons. The summed E-state index contributed by atoms with van der Waals surface area (Å²) >= 11 is 0. The molecule has 152 valence electrons. The zero-order valence-corrected chi connectivity index (χ0v) is 17.0. The summed E-state index contributed by atoms with van der Waals surface area (Å²) in [6, 6.07) is 8.00. The maximum atomic E-state index is 12.9. The largest absolute Gasteiger partial charge is 0.466 e. The van der Waals surface area contributed by atoms with E-state index in [-0.39, 0.29) is 36.0 Å². The van der Waals surface area contributed by atoms with Gasteiger partial charge in [0.15, 0.2) is 0 Å². The molecule has 2 aliphatic heterocycles. The molecule has 0 aromatic heterocycles. The molecule has 2 saturated heterocycles. The Morgan fingerprint density at radius 2 is 1.89 bits per heavy atom. The predicted molar refractivity (Wildman–Crippen MR) is 107 cm³/mol. The Morgan fingerprint density at radius 1 is 1.18 bits per heavy atom. The van der Waals surface area contributed by atoms with Crippen molar-refractivity contribution in [1.29, 1.82) is 0 Å². The summed E-state index contributed by atoms with van der Waals surface area (Å²) in [6.45, 7) is 7.96. The van der Waals surface area contributed by atoms with E-state index in [4.69, 9.17) is 4.74 Å². The smallest absolute Gasteiger partial charge is 0.309 e. The first kappa shape index (κ1) is 20.4. The standard InChI is InChI=1S/C22H30N2O4/c1-4-28-22(27)16-8-10-23(11-9-16)21(26)18-13-20(25)24(14-18)19-7-5-6-17(12-19)15(2)3/h5-7,12,15-16,18H,4,8-11,13-14H2,1-3H3. The summed E-state index contributed by atoms with van der Waals surface area (Å²) in [4.78, 5) is 40.9. The van der Waals surface area contributed by atoms with Gasteiger partial charge in [-0.05, 0) is 43.4 Å². The third kappa shape index (κ3) is 4.37. The third-order valence-electron chi connectivity index (χ3n) is 5.75. The molecule has 0 bridgehead atoms. The van der Waals surface area contributed by atoms with Gasteiger partial charge in [0.05, 0.1) is 18.4 Å². The molecule has 0 aliphatic carbocycles. The van der Waals surface area contributed by atoms with Crippen LogP contribution < -0.4 is 4.90 Å². The van der Waals surface area contributed by atoms with Crippen molar-refractivity contribution in [3.05, 3.63) is 29.8 Å². The fourth-order valence-corrected chi connectivity index (χ4v) is 4.03. The highest BCUT2D eigenvalue weighted by atomic mass is 16.5. The molecular formula is C22H30N2O4. The Balaban J connectivity index is 1.60. The minimum atomic E-state index is -0.311. The Labute approximate surface area is 166 Å². The zero-order valence-electron chi connectivity index (χ0n) is 17.0. The highest BCUT2D eigenvalue weighted by molar-refractivity contribution is 6.00. The monoisotopic (exact) mass is 386 g/mol. The van der Waals surface area contributed by atoms with Crippen LogP contribution in [0.4, 0.5) is 5.69 Å². The normalized spacial score (nSPS) is 20.7. The molecule has 0 N–H and O–H groups in total. The fourth-order valence-electron chi connectivity index (χ4n) is 4.03. The molecule has 28 heavy (non-hydrogen) atoms. The minimum Gasteiger partial charge on any atom is -0.466 e. The van der Waals surface area contributed by atoms with E-state index in [1.807, 2.05) is 23.1 Å². The Hall–Kier alpha value is -2.37. The maximum Gasteiger partial charge on any atom is 0.309 e. The van der Waals surface area contributed by atoms with E-state index in [9.17, 15) is 14.4 Å². The van der Waals surface area contributed by atoms with Crippen molar-refractivity contribution >= 4 is 23.5 Å². The SMILES string of the molecule is CCOC(=O)C1CCN(C(=O)C2CC(=O)N(c3cccc(C(C)C)c3)C2)CC1. The zero-order chi connectivity index (χ0) is 20.3. The number of amides is 2. The summed E-state index contributed by atoms with van der Waals surface area (Å²) in [7, 11) is 0. The van der Waals surface area contributed by atoms with Crippen LogP contribution in [0.2, 0.25) is 0 Å². The van der Waals surface area contributed by atoms with Crippen LogP contribution in [0.25, 0.3) is 0 Å². The second-order valence-electron chi connectivity index (χ2n) is 8.01. The van der Waals surface area contributed by atoms with E-state index in [0.29, 0.717) is 45.0 Å². The molecule has 2 fully saturated rings. The van der Waals surface area contributed by atoms with Gasteiger partial charge in [0, 0.05) is 31.7 Å². The van der Waals surface area contributed by atoms with Crippen LogP contribution in [0.15, 0.2) is 24.3 Å². The van der Waals surface area contributed by atoms with Crippen molar-refractivity contribution in [1.82, 2.24) is 4.90 Å². The molecule has 6 nitrogen and oxygen atoms in total. The summed E-state index contributed by atoms with van der Waals surface area (Å²) in [5.41, 5.74) is 2.05. The van der Waals surface area contributed by atoms with E-state index in [2.05, 4.69) is 19.9 Å². The highest BCUT2D eigenvalue weighted by Crippen LogP contribution is 2.30. The summed E-state index contributed by atoms with van der Waals surface area (Å²) in [5, 5.41) is 0. The first-order chi connectivity index (χ1) is 13.4. The number of anilines is 1. The Bertz CT molecular complexity index is 738. The van der Waals surface area contributed by atoms with Gasteiger partial charge in [-0.3, -0.25) is 14.4 Å². The summed E-state index contributed by atoms with van der Waals surface area (Å²) < 4.78 is 5.09. The van der Waals surface area contributed by atoms with E-state index >= 15 is 0 Å². The number of rotatable bonds is 5. The summed E-state index contributed by atoms with van der Waals surface area (Å²) in [5.74, 6) is -0.185. The van der Waals surface area contributed by atoms with Gasteiger partial charge in [-0.25, -0.2) is 0 Å². The van der Waals surface area contributed by atoms with Crippen LogP contribution >= 0.6 is 0 Å². The second kappa shape index (κ2) is 8.76. The molecule has 2 aliphatic rings. The molecule has 2 amide bonds. The van der Waals surface area contributed by atoms with Crippen molar-refractivity contribution in [3.8, 4) is 0 Å². The Kier molecular flexibility index (Phi) is 6.37. The number of benzene rings is 1. The molecule has 1 aromatic rings. The second-order valence-corrected chi connectivity index (χ2v) is 8.01. The summed E-state index contributed by atoms with van der Waals surface area (Å²) in [6.07, 6.45) is 1.51. The first-order valence-electron chi connectivity index (χ1n) is 10.3. The molecule has 1 atom stereocenters. The molecule has 0 saturated carbocycles. The fraction of sp³-hybridized carbons (Fsp3) is 0.591. The average molecular weight is 386 g/mol. The van der Waals surface area contributed by atoms with Crippen molar-refractivity contribution in [3.63, 3.8) is 0 Å². The lowest BCUT2D eigenvalue weighted by Gasteiger charge is -2.32. The van der Waals surface area contributed by atoms with Crippen molar-refractivity contribution in [2.45, 2.75) is 46.0 Å². The van der Waals surface area contributed by atoms with Crippen LogP contribution in [-0.4, -0.2) is 48.9 Å². The lowest BCUT2D eigenvalue weighted by atomic mass is 9.95. The van der Waals surface area contributed by atoms with Gasteiger partial charge in [-0.15, -0.1) is 0 Å². The number of esters is 1. The third-order valence-corrected chi connectivity index (χ3v) is 5.75. The van der Waals surface area contributed by atoms with E-state index < -0.39 is 0 Å². The topological polar surface area (TPSA) is 66.9 Å². The quantitative estimate of drug-likeness (QED) is 0.730. The van der Waals surface area contributed by atoms with Crippen LogP contribution in [0, 0.1) is 11.8 Å². The number of likely N-dealkylation sites (tertiary alicyclic amines) is 1. The molecular weight excluding hydrogens is 356 g/mol. The van der Waals surface area contributed by atoms with Gasteiger partial charge in [0.1, 0.15) is 0 Å². The molecule has 0 spiro atoms. The van der Waals surface area contributed by atoms with Gasteiger partial charge in [0.2, 0.25) is 11.8 Å². The van der Waals surface area contributed by atoms with Gasteiger partial charge in [-0.2, -0.15) is 0 Å². The average Bonchev–Trinajstić information content (AvgIpc) is 3.09. The number of hydrogen-bond acceptors (Lipinski definition) is 4. The van der Waals surface area contributed by atoms with Gasteiger partial charge < -0.3 is 14.5 Å². The maximum absolute atomic E-state index is 12.9. The van der Waals surface area contributed by atoms with E-state index in [0.717, 1.165) is 5.69 Å². The number of nitrogens with zero attached hydrogens (tertiary/aromatic N) is 2. The van der Waals surface area contributed by atoms with Crippen molar-refractivity contribution in [2.75, 3.05) is 31.1 Å². The number of piperidine rings is 1. The lowest BCUT2D eigenvalue weighted by Crippen LogP contribution is -2.44. The van der Waals surface area contributed by atoms with Crippen LogP contribution in [0.5, 0.6) is 0 Å². The van der Waals surface area contributed by atoms with Crippen LogP contribution in [0.1, 0.15) is 51.5 Å². The van der Waals surface area contributed by atoms with Gasteiger partial charge >= 0.3 is 5.97 Å². The lowest BCUT2D eigenvalue weighted by molar-refractivity contribution is -0.151. The molecule has 1 aromatic carbocycles. The van der Waals surface area contributed by atoms with Gasteiger partial charge in [-0.1, -0.05) is 26.0 Å². The molecule has 6 heteroatoms. The van der Waals surface area contributed by atoms with Crippen LogP contribution in [0.3, 0.4) is 0 Å². The number of carbonyl (C=O) groups is 3. The van der Waals surface area contributed by atoms with E-state index in [1.54, 1.807) is 11.8 Å². The van der Waals surface area contributed by atoms with Crippen molar-refractivity contribution < 1.29 is 19.1 Å².